The van der Waals surface area contributed by atoms with Crippen LogP contribution in [-0.2, 0) is 17.6 Å². The van der Waals surface area contributed by atoms with Gasteiger partial charge in [0.05, 0.1) is 11.7 Å². The van der Waals surface area contributed by atoms with Crippen molar-refractivity contribution in [2.45, 2.75) is 46.1 Å². The first kappa shape index (κ1) is 24.1. The maximum Gasteiger partial charge on any atom is 0.341 e. The number of carboxylic acids is 1. The summed E-state index contributed by atoms with van der Waals surface area (Å²) >= 11 is 0. The maximum atomic E-state index is 13.1. The Balaban J connectivity index is 1.68. The van der Waals surface area contributed by atoms with Crippen LogP contribution in [0.2, 0.25) is 0 Å². The zero-order chi connectivity index (χ0) is 23.8. The van der Waals surface area contributed by atoms with Gasteiger partial charge >= 0.3 is 5.97 Å². The van der Waals surface area contributed by atoms with E-state index in [2.05, 4.69) is 6.92 Å². The van der Waals surface area contributed by atoms with Gasteiger partial charge in [-0.3, -0.25) is 4.79 Å². The van der Waals surface area contributed by atoms with Crippen LogP contribution in [0.1, 0.15) is 52.9 Å². The third-order valence-electron chi connectivity index (χ3n) is 5.49. The largest absolute Gasteiger partial charge is 0.490 e. The quantitative estimate of drug-likeness (QED) is 0.385. The summed E-state index contributed by atoms with van der Waals surface area (Å²) in [6.07, 6.45) is 2.30. The summed E-state index contributed by atoms with van der Waals surface area (Å²) in [6.45, 7) is 5.61. The van der Waals surface area contributed by atoms with Crippen LogP contribution in [-0.4, -0.2) is 29.6 Å². The average molecular weight is 447 g/mol. The Hall–Kier alpha value is -3.60. The van der Waals surface area contributed by atoms with Gasteiger partial charge < -0.3 is 14.6 Å². The molecule has 0 heterocycles. The molecular weight excluding hydrogens is 416 g/mol. The number of rotatable bonds is 11. The highest BCUT2D eigenvalue weighted by molar-refractivity contribution is 6.10. The van der Waals surface area contributed by atoms with Crippen molar-refractivity contribution < 1.29 is 24.2 Å². The van der Waals surface area contributed by atoms with E-state index in [-0.39, 0.29) is 18.5 Å². The molecule has 3 rings (SSSR count). The molecule has 0 amide bonds. The van der Waals surface area contributed by atoms with Crippen molar-refractivity contribution in [2.24, 2.45) is 0 Å². The van der Waals surface area contributed by atoms with E-state index in [4.69, 9.17) is 14.6 Å². The molecule has 172 valence electrons. The van der Waals surface area contributed by atoms with Crippen LogP contribution in [0.3, 0.4) is 0 Å². The first-order valence-corrected chi connectivity index (χ1v) is 11.2. The highest BCUT2D eigenvalue weighted by atomic mass is 16.5. The second-order valence-electron chi connectivity index (χ2n) is 8.13. The minimum absolute atomic E-state index is 0.0410. The Labute approximate surface area is 195 Å². The van der Waals surface area contributed by atoms with Crippen molar-refractivity contribution in [3.8, 4) is 11.5 Å². The van der Waals surface area contributed by atoms with Gasteiger partial charge in [0.25, 0.3) is 0 Å². The number of ketones is 1. The van der Waals surface area contributed by atoms with E-state index in [0.29, 0.717) is 22.6 Å². The van der Waals surface area contributed by atoms with Crippen molar-refractivity contribution in [3.05, 3.63) is 94.5 Å². The zero-order valence-corrected chi connectivity index (χ0v) is 19.3. The van der Waals surface area contributed by atoms with Gasteiger partial charge in [0, 0.05) is 5.56 Å². The van der Waals surface area contributed by atoms with Gasteiger partial charge in [0.15, 0.2) is 12.4 Å². The number of hydrogen-bond acceptors (Lipinski definition) is 4. The Morgan fingerprint density at radius 2 is 1.64 bits per heavy atom. The third kappa shape index (κ3) is 6.69. The fourth-order valence-electron chi connectivity index (χ4n) is 3.64. The zero-order valence-electron chi connectivity index (χ0n) is 19.3. The highest BCUT2D eigenvalue weighted by Gasteiger charge is 2.17. The summed E-state index contributed by atoms with van der Waals surface area (Å²) < 4.78 is 11.5. The second-order valence-corrected chi connectivity index (χ2v) is 8.13. The Morgan fingerprint density at radius 1 is 0.939 bits per heavy atom. The lowest BCUT2D eigenvalue weighted by atomic mass is 9.99. The molecule has 0 aliphatic heterocycles. The summed E-state index contributed by atoms with van der Waals surface area (Å²) in [6, 6.07) is 20.8. The number of carboxylic acid groups (broad SMARTS) is 1. The molecule has 0 aliphatic rings. The molecule has 3 aromatic carbocycles. The molecule has 3 aromatic rings. The standard InChI is InChI=1S/C28H30O5/c1-4-21-12-15-26(24(17-21)28(31)23-8-6-5-7-9-23)33-20(3)10-11-22-13-14-25(19(2)16-22)32-18-27(29)30/h5-9,12-17,20H,4,10-11,18H2,1-3H3,(H,29,30). The molecule has 1 atom stereocenters. The molecular formula is C28H30O5. The topological polar surface area (TPSA) is 72.8 Å². The van der Waals surface area contributed by atoms with Crippen LogP contribution in [0.15, 0.2) is 66.7 Å². The smallest absolute Gasteiger partial charge is 0.341 e. The van der Waals surface area contributed by atoms with E-state index < -0.39 is 5.97 Å². The van der Waals surface area contributed by atoms with Crippen LogP contribution in [0.5, 0.6) is 11.5 Å². The number of ether oxygens (including phenoxy) is 2. The van der Waals surface area contributed by atoms with Gasteiger partial charge in [0.2, 0.25) is 0 Å². The average Bonchev–Trinajstić information content (AvgIpc) is 2.82. The molecule has 5 heteroatoms. The minimum atomic E-state index is -0.999. The van der Waals surface area contributed by atoms with Crippen molar-refractivity contribution >= 4 is 11.8 Å². The number of hydrogen-bond donors (Lipinski definition) is 1. The summed E-state index contributed by atoms with van der Waals surface area (Å²) in [7, 11) is 0. The molecule has 0 fully saturated rings. The number of carbonyl (C=O) groups is 2. The monoisotopic (exact) mass is 446 g/mol. The molecule has 0 saturated carbocycles. The highest BCUT2D eigenvalue weighted by Crippen LogP contribution is 2.26. The third-order valence-corrected chi connectivity index (χ3v) is 5.49. The summed E-state index contributed by atoms with van der Waals surface area (Å²) in [5, 5.41) is 8.77. The fraction of sp³-hybridized carbons (Fsp3) is 0.286. The summed E-state index contributed by atoms with van der Waals surface area (Å²) in [5.74, 6) is 0.134. The van der Waals surface area contributed by atoms with Crippen LogP contribution in [0.25, 0.3) is 0 Å². The van der Waals surface area contributed by atoms with Crippen molar-refractivity contribution in [2.75, 3.05) is 6.61 Å². The number of carbonyl (C=O) groups excluding carboxylic acids is 1. The molecule has 1 N–H and O–H groups in total. The lowest BCUT2D eigenvalue weighted by molar-refractivity contribution is -0.139. The number of aliphatic carboxylic acids is 1. The molecule has 5 nitrogen and oxygen atoms in total. The predicted molar refractivity (Wildman–Crippen MR) is 128 cm³/mol. The molecule has 0 radical (unpaired) electrons. The van der Waals surface area contributed by atoms with Gasteiger partial charge in [-0.2, -0.15) is 0 Å². The van der Waals surface area contributed by atoms with E-state index in [1.807, 2.05) is 74.5 Å². The van der Waals surface area contributed by atoms with Gasteiger partial charge in [0.1, 0.15) is 11.5 Å². The lowest BCUT2D eigenvalue weighted by Gasteiger charge is -2.18. The van der Waals surface area contributed by atoms with E-state index >= 15 is 0 Å². The van der Waals surface area contributed by atoms with E-state index in [9.17, 15) is 9.59 Å². The molecule has 1 unspecified atom stereocenters. The van der Waals surface area contributed by atoms with Gasteiger partial charge in [-0.15, -0.1) is 0 Å². The van der Waals surface area contributed by atoms with Crippen molar-refractivity contribution in [1.82, 2.24) is 0 Å². The lowest BCUT2D eigenvalue weighted by Crippen LogP contribution is -2.16. The minimum Gasteiger partial charge on any atom is -0.490 e. The Bertz CT molecular complexity index is 1100. The Morgan fingerprint density at radius 3 is 2.30 bits per heavy atom. The van der Waals surface area contributed by atoms with E-state index in [1.54, 1.807) is 6.07 Å². The van der Waals surface area contributed by atoms with Gasteiger partial charge in [-0.1, -0.05) is 55.5 Å². The van der Waals surface area contributed by atoms with Gasteiger partial charge in [-0.05, 0) is 68.0 Å². The van der Waals surface area contributed by atoms with E-state index in [1.165, 1.54) is 0 Å². The first-order valence-electron chi connectivity index (χ1n) is 11.2. The molecule has 0 saturated heterocycles. The SMILES string of the molecule is CCc1ccc(OC(C)CCc2ccc(OCC(=O)O)c(C)c2)c(C(=O)c2ccccc2)c1. The Kier molecular flexibility index (Phi) is 8.25. The number of benzene rings is 3. The van der Waals surface area contributed by atoms with Crippen molar-refractivity contribution in [3.63, 3.8) is 0 Å². The normalized spacial score (nSPS) is 11.6. The first-order chi connectivity index (χ1) is 15.9. The van der Waals surface area contributed by atoms with Crippen LogP contribution in [0, 0.1) is 6.92 Å². The second kappa shape index (κ2) is 11.3. The maximum absolute atomic E-state index is 13.1. The fourth-order valence-corrected chi connectivity index (χ4v) is 3.64. The molecule has 0 aliphatic carbocycles. The molecule has 0 bridgehead atoms. The molecule has 0 spiro atoms. The van der Waals surface area contributed by atoms with Crippen LogP contribution >= 0.6 is 0 Å². The van der Waals surface area contributed by atoms with Gasteiger partial charge in [-0.25, -0.2) is 4.79 Å². The summed E-state index contributed by atoms with van der Waals surface area (Å²) in [4.78, 5) is 23.8. The predicted octanol–water partition coefficient (Wildman–Crippen LogP) is 5.65. The van der Waals surface area contributed by atoms with Crippen molar-refractivity contribution in [1.29, 1.82) is 0 Å². The van der Waals surface area contributed by atoms with E-state index in [0.717, 1.165) is 36.0 Å². The summed E-state index contributed by atoms with van der Waals surface area (Å²) in [5.41, 5.74) is 4.34. The van der Waals surface area contributed by atoms with Crippen LogP contribution < -0.4 is 9.47 Å². The molecule has 33 heavy (non-hydrogen) atoms. The number of aryl methyl sites for hydroxylation is 3. The molecule has 0 aromatic heterocycles. The van der Waals surface area contributed by atoms with Crippen LogP contribution in [0.4, 0.5) is 0 Å².